The molecular formula is C20H26N5O5+. The summed E-state index contributed by atoms with van der Waals surface area (Å²) in [7, 11) is 0. The standard InChI is InChI=1S/C20H25N5O5/c1-3-25(13-19(28)24-20(29)21-11-17-5-4-10-30-17)12-18(27)23-16-8-6-15(7-9-16)22-14(2)26/h4-10H,3,11-13H2,1-2H3,(H,22,26)(H,23,27)(H2,21,24,28,29)/p+1. The summed E-state index contributed by atoms with van der Waals surface area (Å²) in [6, 6.07) is 9.47. The fraction of sp³-hybridized carbons (Fsp3) is 0.300. The van der Waals surface area contributed by atoms with E-state index >= 15 is 0 Å². The van der Waals surface area contributed by atoms with E-state index in [2.05, 4.69) is 21.3 Å². The average Bonchev–Trinajstić information content (AvgIpc) is 3.20. The molecule has 0 fully saturated rings. The van der Waals surface area contributed by atoms with Crippen LogP contribution in [0.5, 0.6) is 0 Å². The molecule has 2 aromatic rings. The first kappa shape index (κ1) is 22.6. The number of amides is 5. The maximum atomic E-state index is 12.3. The molecule has 5 N–H and O–H groups in total. The van der Waals surface area contributed by atoms with Crippen LogP contribution in [0.4, 0.5) is 16.2 Å². The molecule has 1 atom stereocenters. The van der Waals surface area contributed by atoms with Crippen LogP contribution in [-0.2, 0) is 20.9 Å². The molecule has 0 bridgehead atoms. The van der Waals surface area contributed by atoms with Gasteiger partial charge in [-0.25, -0.2) is 4.79 Å². The van der Waals surface area contributed by atoms with E-state index < -0.39 is 11.9 Å². The monoisotopic (exact) mass is 416 g/mol. The third-order valence-corrected chi connectivity index (χ3v) is 4.07. The number of urea groups is 1. The number of carbonyl (C=O) groups is 4. The van der Waals surface area contributed by atoms with Crippen molar-refractivity contribution in [2.24, 2.45) is 0 Å². The fourth-order valence-electron chi connectivity index (χ4n) is 2.61. The van der Waals surface area contributed by atoms with E-state index in [4.69, 9.17) is 4.42 Å². The first-order chi connectivity index (χ1) is 14.4. The molecule has 5 amide bonds. The molecule has 160 valence electrons. The minimum atomic E-state index is -0.629. The summed E-state index contributed by atoms with van der Waals surface area (Å²) in [5.41, 5.74) is 1.20. The molecule has 1 aromatic carbocycles. The van der Waals surface area contributed by atoms with Gasteiger partial charge in [-0.2, -0.15) is 0 Å². The maximum Gasteiger partial charge on any atom is 0.321 e. The first-order valence-corrected chi connectivity index (χ1v) is 9.47. The normalized spacial score (nSPS) is 11.3. The van der Waals surface area contributed by atoms with E-state index in [1.54, 1.807) is 36.4 Å². The number of hydrogen-bond donors (Lipinski definition) is 5. The van der Waals surface area contributed by atoms with Gasteiger partial charge in [-0.15, -0.1) is 0 Å². The quantitative estimate of drug-likeness (QED) is 0.396. The van der Waals surface area contributed by atoms with Crippen LogP contribution in [0.2, 0.25) is 0 Å². The number of likely N-dealkylation sites (N-methyl/N-ethyl adjacent to an activating group) is 1. The highest BCUT2D eigenvalue weighted by atomic mass is 16.3. The SMILES string of the molecule is CC[NH+](CC(=O)NC(=O)NCc1ccco1)CC(=O)Nc1ccc(NC(C)=O)cc1. The van der Waals surface area contributed by atoms with Gasteiger partial charge in [-0.3, -0.25) is 19.7 Å². The molecular weight excluding hydrogens is 390 g/mol. The smallest absolute Gasteiger partial charge is 0.321 e. The molecule has 10 nitrogen and oxygen atoms in total. The lowest BCUT2D eigenvalue weighted by Gasteiger charge is -2.17. The molecule has 0 aliphatic carbocycles. The van der Waals surface area contributed by atoms with Gasteiger partial charge in [0.15, 0.2) is 13.1 Å². The van der Waals surface area contributed by atoms with Crippen molar-refractivity contribution in [3.63, 3.8) is 0 Å². The number of furan rings is 1. The van der Waals surface area contributed by atoms with Gasteiger partial charge >= 0.3 is 6.03 Å². The predicted octanol–water partition coefficient (Wildman–Crippen LogP) is 0.107. The summed E-state index contributed by atoms with van der Waals surface area (Å²) in [5.74, 6) is -0.368. The third-order valence-electron chi connectivity index (χ3n) is 4.07. The molecule has 0 aliphatic heterocycles. The predicted molar refractivity (Wildman–Crippen MR) is 110 cm³/mol. The Morgan fingerprint density at radius 2 is 1.57 bits per heavy atom. The molecule has 0 saturated carbocycles. The minimum absolute atomic E-state index is 0.0282. The van der Waals surface area contributed by atoms with Gasteiger partial charge in [0, 0.05) is 18.3 Å². The zero-order chi connectivity index (χ0) is 21.9. The van der Waals surface area contributed by atoms with Gasteiger partial charge < -0.3 is 25.3 Å². The lowest BCUT2D eigenvalue weighted by molar-refractivity contribution is -0.881. The van der Waals surface area contributed by atoms with Crippen molar-refractivity contribution < 1.29 is 28.5 Å². The molecule has 0 aliphatic rings. The van der Waals surface area contributed by atoms with Crippen molar-refractivity contribution in [2.75, 3.05) is 30.3 Å². The number of rotatable bonds is 9. The zero-order valence-corrected chi connectivity index (χ0v) is 16.9. The molecule has 1 aromatic heterocycles. The number of benzene rings is 1. The lowest BCUT2D eigenvalue weighted by Crippen LogP contribution is -3.14. The third kappa shape index (κ3) is 8.15. The summed E-state index contributed by atoms with van der Waals surface area (Å²) in [6.07, 6.45) is 1.49. The molecule has 0 radical (unpaired) electrons. The number of carbonyl (C=O) groups excluding carboxylic acids is 4. The van der Waals surface area contributed by atoms with Gasteiger partial charge in [-0.05, 0) is 43.3 Å². The summed E-state index contributed by atoms with van der Waals surface area (Å²) >= 11 is 0. The minimum Gasteiger partial charge on any atom is -0.467 e. The molecule has 10 heteroatoms. The highest BCUT2D eigenvalue weighted by Crippen LogP contribution is 2.13. The number of imide groups is 1. The van der Waals surface area contributed by atoms with Crippen molar-refractivity contribution >= 4 is 35.1 Å². The average molecular weight is 416 g/mol. The van der Waals surface area contributed by atoms with Crippen LogP contribution in [0.15, 0.2) is 47.1 Å². The largest absolute Gasteiger partial charge is 0.467 e. The van der Waals surface area contributed by atoms with Crippen LogP contribution in [0.3, 0.4) is 0 Å². The second-order valence-corrected chi connectivity index (χ2v) is 6.57. The van der Waals surface area contributed by atoms with E-state index in [-0.39, 0.29) is 31.4 Å². The van der Waals surface area contributed by atoms with Gasteiger partial charge in [0.25, 0.3) is 11.8 Å². The molecule has 2 rings (SSSR count). The lowest BCUT2D eigenvalue weighted by atomic mass is 10.2. The summed E-state index contributed by atoms with van der Waals surface area (Å²) in [6.45, 7) is 3.98. The summed E-state index contributed by atoms with van der Waals surface area (Å²) < 4.78 is 5.09. The highest BCUT2D eigenvalue weighted by molar-refractivity contribution is 5.95. The van der Waals surface area contributed by atoms with Crippen molar-refractivity contribution in [1.29, 1.82) is 0 Å². The zero-order valence-electron chi connectivity index (χ0n) is 16.9. The second-order valence-electron chi connectivity index (χ2n) is 6.57. The molecule has 1 unspecified atom stereocenters. The molecule has 1 heterocycles. The van der Waals surface area contributed by atoms with Crippen molar-refractivity contribution in [1.82, 2.24) is 10.6 Å². The van der Waals surface area contributed by atoms with E-state index in [0.717, 1.165) is 0 Å². The van der Waals surface area contributed by atoms with Gasteiger partial charge in [-0.1, -0.05) is 0 Å². The molecule has 30 heavy (non-hydrogen) atoms. The Labute approximate surface area is 174 Å². The van der Waals surface area contributed by atoms with E-state index in [0.29, 0.717) is 28.6 Å². The maximum absolute atomic E-state index is 12.3. The fourth-order valence-corrected chi connectivity index (χ4v) is 2.61. The Kier molecular flexibility index (Phi) is 8.57. The van der Waals surface area contributed by atoms with E-state index in [1.165, 1.54) is 13.2 Å². The number of nitrogens with one attached hydrogen (secondary N) is 5. The molecule has 0 spiro atoms. The second kappa shape index (κ2) is 11.4. The highest BCUT2D eigenvalue weighted by Gasteiger charge is 2.18. The van der Waals surface area contributed by atoms with Crippen LogP contribution in [0.1, 0.15) is 19.6 Å². The Bertz CT molecular complexity index is 864. The number of quaternary nitrogens is 1. The van der Waals surface area contributed by atoms with Crippen LogP contribution in [0, 0.1) is 0 Å². The number of anilines is 2. The van der Waals surface area contributed by atoms with Gasteiger partial charge in [0.2, 0.25) is 5.91 Å². The Hall–Kier alpha value is -3.66. The summed E-state index contributed by atoms with van der Waals surface area (Å²) in [5, 5.41) is 10.1. The van der Waals surface area contributed by atoms with Crippen molar-refractivity contribution in [2.45, 2.75) is 20.4 Å². The first-order valence-electron chi connectivity index (χ1n) is 9.47. The van der Waals surface area contributed by atoms with Crippen LogP contribution < -0.4 is 26.2 Å². The Morgan fingerprint density at radius 3 is 2.13 bits per heavy atom. The van der Waals surface area contributed by atoms with E-state index in [1.807, 2.05) is 6.92 Å². The van der Waals surface area contributed by atoms with Crippen LogP contribution in [0.25, 0.3) is 0 Å². The summed E-state index contributed by atoms with van der Waals surface area (Å²) in [4.78, 5) is 47.8. The van der Waals surface area contributed by atoms with Gasteiger partial charge in [0.05, 0.1) is 19.4 Å². The Morgan fingerprint density at radius 1 is 0.933 bits per heavy atom. The number of hydrogen-bond acceptors (Lipinski definition) is 5. The van der Waals surface area contributed by atoms with Gasteiger partial charge in [0.1, 0.15) is 5.76 Å². The van der Waals surface area contributed by atoms with Crippen molar-refractivity contribution in [3.05, 3.63) is 48.4 Å². The van der Waals surface area contributed by atoms with Crippen LogP contribution >= 0.6 is 0 Å². The van der Waals surface area contributed by atoms with E-state index in [9.17, 15) is 19.2 Å². The Balaban J connectivity index is 1.75. The van der Waals surface area contributed by atoms with Crippen molar-refractivity contribution in [3.8, 4) is 0 Å². The molecule has 0 saturated heterocycles. The topological polar surface area (TPSA) is 134 Å². The van der Waals surface area contributed by atoms with Crippen LogP contribution in [-0.4, -0.2) is 43.4 Å².